The number of hydrogen-bond donors (Lipinski definition) is 3. The number of aliphatic hydroxyl groups excluding tert-OH is 2. The van der Waals surface area contributed by atoms with E-state index < -0.39 is 18.2 Å². The molecule has 0 bridgehead atoms. The van der Waals surface area contributed by atoms with Crippen LogP contribution >= 0.6 is 0 Å². The lowest BCUT2D eigenvalue weighted by molar-refractivity contribution is -0.151. The van der Waals surface area contributed by atoms with Crippen LogP contribution in [0.1, 0.15) is 220 Å². The minimum atomic E-state index is -0.806. The molecule has 0 aliphatic heterocycles. The number of aliphatic hydroxyl groups is 2. The summed E-state index contributed by atoms with van der Waals surface area (Å²) in [4.78, 5) is 26.0. The number of nitrogens with one attached hydrogen (secondary N) is 1. The second kappa shape index (κ2) is 43.7. The van der Waals surface area contributed by atoms with Crippen LogP contribution in [0.3, 0.4) is 0 Å². The van der Waals surface area contributed by atoms with Gasteiger partial charge in [-0.1, -0.05) is 204 Å². The van der Waals surface area contributed by atoms with Gasteiger partial charge in [0.25, 0.3) is 0 Å². The average molecular weight is 784 g/mol. The molecule has 56 heavy (non-hydrogen) atoms. The summed E-state index contributed by atoms with van der Waals surface area (Å²) in [5, 5.41) is 23.7. The predicted molar refractivity (Wildman–Crippen MR) is 241 cm³/mol. The molecular formula is C50H89NO5. The monoisotopic (exact) mass is 784 g/mol. The topological polar surface area (TPSA) is 95.9 Å². The Balaban J connectivity index is 4.63. The highest BCUT2D eigenvalue weighted by Gasteiger charge is 2.24. The van der Waals surface area contributed by atoms with Crippen molar-refractivity contribution < 1.29 is 24.5 Å². The van der Waals surface area contributed by atoms with Crippen molar-refractivity contribution in [1.29, 1.82) is 0 Å². The largest absolute Gasteiger partial charge is 0.462 e. The molecule has 0 saturated heterocycles. The molecule has 0 aromatic rings. The Morgan fingerprint density at radius 1 is 0.536 bits per heavy atom. The second-order valence-corrected chi connectivity index (χ2v) is 15.9. The van der Waals surface area contributed by atoms with Crippen molar-refractivity contribution in [1.82, 2.24) is 5.32 Å². The summed E-state index contributed by atoms with van der Waals surface area (Å²) in [7, 11) is 0. The van der Waals surface area contributed by atoms with E-state index >= 15 is 0 Å². The summed E-state index contributed by atoms with van der Waals surface area (Å²) in [6.45, 7) is 6.28. The first-order valence-corrected chi connectivity index (χ1v) is 23.6. The van der Waals surface area contributed by atoms with Crippen LogP contribution in [0, 0.1) is 0 Å². The molecule has 0 radical (unpaired) electrons. The molecule has 6 heteroatoms. The van der Waals surface area contributed by atoms with Crippen molar-refractivity contribution >= 4 is 11.9 Å². The Morgan fingerprint density at radius 2 is 1.00 bits per heavy atom. The van der Waals surface area contributed by atoms with E-state index in [-0.39, 0.29) is 24.9 Å². The second-order valence-electron chi connectivity index (χ2n) is 15.9. The number of rotatable bonds is 41. The maximum absolute atomic E-state index is 13.1. The first-order chi connectivity index (χ1) is 27.5. The molecule has 3 atom stereocenters. The maximum Gasteiger partial charge on any atom is 0.306 e. The standard InChI is InChI=1S/C50H89NO5/c1-4-7-10-13-16-19-22-24-25-27-30-33-36-39-42-48(53)47(45-52)51-49(54)44-46(41-38-35-32-29-26-21-18-15-12-9-6-3)56-50(55)43-40-37-34-31-28-23-20-17-14-11-8-5-2/h9,12,15,17-18,20-21,26,29,32,46-48,52-53H,4-8,10-11,13-14,16,19,22-25,27-28,30-31,33-45H2,1-3H3,(H,51,54)/b12-9+,18-15+,20-17-,26-21-,32-29-. The lowest BCUT2D eigenvalue weighted by Crippen LogP contribution is -2.46. The summed E-state index contributed by atoms with van der Waals surface area (Å²) < 4.78 is 5.86. The SMILES string of the molecule is CC/C=C/C=C/C=C\C=C/CCCC(CC(=O)NC(CO)C(O)CCCCCCCCCCCCCCCC)OC(=O)CCCCCCC/C=C\CCCCC. The van der Waals surface area contributed by atoms with Gasteiger partial charge in [-0.2, -0.15) is 0 Å². The molecule has 0 saturated carbocycles. The fraction of sp³-hybridized carbons (Fsp3) is 0.760. The van der Waals surface area contributed by atoms with Crippen LogP contribution in [0.4, 0.5) is 0 Å². The highest BCUT2D eigenvalue weighted by molar-refractivity contribution is 5.77. The number of esters is 1. The lowest BCUT2D eigenvalue weighted by Gasteiger charge is -2.24. The normalized spacial score (nSPS) is 13.9. The third-order valence-electron chi connectivity index (χ3n) is 10.4. The quantitative estimate of drug-likeness (QED) is 0.0248. The molecule has 0 aliphatic carbocycles. The van der Waals surface area contributed by atoms with Crippen LogP contribution in [0.5, 0.6) is 0 Å². The number of carbonyl (C=O) groups excluding carboxylic acids is 2. The van der Waals surface area contributed by atoms with Crippen LogP contribution in [0.15, 0.2) is 60.8 Å². The molecule has 0 aliphatic rings. The molecule has 1 amide bonds. The third kappa shape index (κ3) is 38.4. The summed E-state index contributed by atoms with van der Waals surface area (Å²) in [5.41, 5.74) is 0. The molecule has 0 aromatic carbocycles. The van der Waals surface area contributed by atoms with Gasteiger partial charge in [-0.3, -0.25) is 9.59 Å². The van der Waals surface area contributed by atoms with Crippen LogP contribution in [-0.4, -0.2) is 46.9 Å². The Labute approximate surface area is 346 Å². The van der Waals surface area contributed by atoms with Crippen LogP contribution in [0.25, 0.3) is 0 Å². The van der Waals surface area contributed by atoms with Crippen LogP contribution in [0.2, 0.25) is 0 Å². The van der Waals surface area contributed by atoms with Gasteiger partial charge in [0.05, 0.1) is 25.2 Å². The van der Waals surface area contributed by atoms with Crippen molar-refractivity contribution in [2.45, 2.75) is 238 Å². The van der Waals surface area contributed by atoms with Gasteiger partial charge in [0.1, 0.15) is 6.10 Å². The van der Waals surface area contributed by atoms with Crippen molar-refractivity contribution in [3.63, 3.8) is 0 Å². The molecular weight excluding hydrogens is 695 g/mol. The minimum absolute atomic E-state index is 0.0273. The highest BCUT2D eigenvalue weighted by atomic mass is 16.5. The summed E-state index contributed by atoms with van der Waals surface area (Å²) in [6, 6.07) is -0.724. The van der Waals surface area contributed by atoms with Gasteiger partial charge in [0.2, 0.25) is 5.91 Å². The summed E-state index contributed by atoms with van der Waals surface area (Å²) in [6.07, 6.45) is 52.9. The molecule has 0 fully saturated rings. The number of hydrogen-bond acceptors (Lipinski definition) is 5. The number of unbranched alkanes of at least 4 members (excludes halogenated alkanes) is 22. The zero-order valence-corrected chi connectivity index (χ0v) is 36.8. The van der Waals surface area contributed by atoms with E-state index in [9.17, 15) is 19.8 Å². The fourth-order valence-corrected chi connectivity index (χ4v) is 6.85. The first kappa shape index (κ1) is 53.6. The number of ether oxygens (including phenoxy) is 1. The van der Waals surface area contributed by atoms with Crippen molar-refractivity contribution in [3.05, 3.63) is 60.8 Å². The van der Waals surface area contributed by atoms with E-state index in [0.29, 0.717) is 19.3 Å². The number of amides is 1. The molecule has 0 spiro atoms. The zero-order chi connectivity index (χ0) is 41.0. The van der Waals surface area contributed by atoms with Crippen LogP contribution in [-0.2, 0) is 14.3 Å². The van der Waals surface area contributed by atoms with Crippen molar-refractivity contribution in [2.24, 2.45) is 0 Å². The molecule has 3 N–H and O–H groups in total. The molecule has 0 aromatic heterocycles. The third-order valence-corrected chi connectivity index (χ3v) is 10.4. The van der Waals surface area contributed by atoms with E-state index in [1.54, 1.807) is 0 Å². The van der Waals surface area contributed by atoms with E-state index in [0.717, 1.165) is 64.2 Å². The van der Waals surface area contributed by atoms with E-state index in [1.807, 2.05) is 36.5 Å². The number of allylic oxidation sites excluding steroid dienone is 10. The van der Waals surface area contributed by atoms with Gasteiger partial charge in [0, 0.05) is 6.42 Å². The van der Waals surface area contributed by atoms with E-state index in [2.05, 4.69) is 50.4 Å². The minimum Gasteiger partial charge on any atom is -0.462 e. The highest BCUT2D eigenvalue weighted by Crippen LogP contribution is 2.17. The van der Waals surface area contributed by atoms with Gasteiger partial charge in [-0.15, -0.1) is 0 Å². The smallest absolute Gasteiger partial charge is 0.306 e. The van der Waals surface area contributed by atoms with Gasteiger partial charge in [-0.05, 0) is 64.2 Å². The predicted octanol–water partition coefficient (Wildman–Crippen LogP) is 13.7. The Bertz CT molecular complexity index is 1010. The molecule has 6 nitrogen and oxygen atoms in total. The Kier molecular flexibility index (Phi) is 41.8. The zero-order valence-electron chi connectivity index (χ0n) is 36.8. The first-order valence-electron chi connectivity index (χ1n) is 23.6. The Morgan fingerprint density at radius 3 is 1.57 bits per heavy atom. The van der Waals surface area contributed by atoms with E-state index in [4.69, 9.17) is 4.74 Å². The van der Waals surface area contributed by atoms with Crippen molar-refractivity contribution in [3.8, 4) is 0 Å². The number of carbonyl (C=O) groups is 2. The molecule has 324 valence electrons. The van der Waals surface area contributed by atoms with E-state index in [1.165, 1.54) is 109 Å². The van der Waals surface area contributed by atoms with Gasteiger partial charge in [-0.25, -0.2) is 0 Å². The van der Waals surface area contributed by atoms with Gasteiger partial charge < -0.3 is 20.3 Å². The van der Waals surface area contributed by atoms with Crippen LogP contribution < -0.4 is 5.32 Å². The molecule has 0 heterocycles. The lowest BCUT2D eigenvalue weighted by atomic mass is 10.0. The Hall–Kier alpha value is -2.44. The van der Waals surface area contributed by atoms with Gasteiger partial charge >= 0.3 is 5.97 Å². The summed E-state index contributed by atoms with van der Waals surface area (Å²) in [5.74, 6) is -0.555. The average Bonchev–Trinajstić information content (AvgIpc) is 3.19. The van der Waals surface area contributed by atoms with Crippen molar-refractivity contribution in [2.75, 3.05) is 6.61 Å². The fourth-order valence-electron chi connectivity index (χ4n) is 6.85. The molecule has 3 unspecified atom stereocenters. The summed E-state index contributed by atoms with van der Waals surface area (Å²) >= 11 is 0. The molecule has 0 rings (SSSR count). The van der Waals surface area contributed by atoms with Gasteiger partial charge in [0.15, 0.2) is 0 Å². The maximum atomic E-state index is 13.1.